The summed E-state index contributed by atoms with van der Waals surface area (Å²) in [5, 5.41) is 0. The molecule has 1 saturated carbocycles. The van der Waals surface area contributed by atoms with Crippen molar-refractivity contribution in [3.8, 4) is 0 Å². The summed E-state index contributed by atoms with van der Waals surface area (Å²) in [6, 6.07) is 0.367. The zero-order valence-corrected chi connectivity index (χ0v) is 6.01. The molecule has 1 aliphatic carbocycles. The first kappa shape index (κ1) is 7.03. The average molecular weight is 128 g/mol. The number of nitrogens with two attached hydrogens (primary N) is 2. The molecule has 0 radical (unpaired) electrons. The van der Waals surface area contributed by atoms with Gasteiger partial charge in [0.2, 0.25) is 0 Å². The Bertz CT molecular complexity index is 90.9. The second kappa shape index (κ2) is 2.67. The van der Waals surface area contributed by atoms with Crippen LogP contribution in [0.3, 0.4) is 0 Å². The SMILES string of the molecule is CC(N)C[C@H]1C[C@H]1CN. The molecule has 2 heteroatoms. The van der Waals surface area contributed by atoms with Crippen LogP contribution in [-0.4, -0.2) is 12.6 Å². The van der Waals surface area contributed by atoms with Gasteiger partial charge in [-0.25, -0.2) is 0 Å². The van der Waals surface area contributed by atoms with Crippen molar-refractivity contribution in [1.29, 1.82) is 0 Å². The quantitative estimate of drug-likeness (QED) is 0.575. The fraction of sp³-hybridized carbons (Fsp3) is 1.00. The topological polar surface area (TPSA) is 52.0 Å². The van der Waals surface area contributed by atoms with Gasteiger partial charge in [-0.15, -0.1) is 0 Å². The Labute approximate surface area is 56.6 Å². The lowest BCUT2D eigenvalue weighted by molar-refractivity contribution is 0.572. The van der Waals surface area contributed by atoms with Gasteiger partial charge in [-0.3, -0.25) is 0 Å². The van der Waals surface area contributed by atoms with E-state index in [4.69, 9.17) is 11.5 Å². The van der Waals surface area contributed by atoms with Crippen molar-refractivity contribution in [3.05, 3.63) is 0 Å². The van der Waals surface area contributed by atoms with Crippen LogP contribution in [0.2, 0.25) is 0 Å². The molecule has 0 aromatic heterocycles. The lowest BCUT2D eigenvalue weighted by Crippen LogP contribution is -2.16. The maximum absolute atomic E-state index is 5.61. The lowest BCUT2D eigenvalue weighted by Gasteiger charge is -2.01. The highest BCUT2D eigenvalue weighted by Gasteiger charge is 2.35. The molecule has 0 amide bonds. The molecule has 0 aromatic rings. The molecule has 0 bridgehead atoms. The summed E-state index contributed by atoms with van der Waals surface area (Å²) in [7, 11) is 0. The zero-order chi connectivity index (χ0) is 6.85. The molecule has 1 aliphatic rings. The predicted octanol–water partition coefficient (Wildman–Crippen LogP) is 0.319. The molecule has 3 atom stereocenters. The minimum atomic E-state index is 0.367. The van der Waals surface area contributed by atoms with Gasteiger partial charge in [-0.05, 0) is 38.1 Å². The van der Waals surface area contributed by atoms with Crippen LogP contribution in [0.25, 0.3) is 0 Å². The molecule has 0 saturated heterocycles. The Morgan fingerprint density at radius 3 is 2.56 bits per heavy atom. The Kier molecular flexibility index (Phi) is 2.09. The van der Waals surface area contributed by atoms with Crippen LogP contribution < -0.4 is 11.5 Å². The highest BCUT2D eigenvalue weighted by atomic mass is 14.7. The van der Waals surface area contributed by atoms with Crippen LogP contribution in [0.5, 0.6) is 0 Å². The second-order valence-electron chi connectivity index (χ2n) is 3.20. The first-order valence-corrected chi connectivity index (χ1v) is 3.69. The molecule has 0 spiro atoms. The molecule has 1 rings (SSSR count). The highest BCUT2D eigenvalue weighted by molar-refractivity contribution is 4.88. The van der Waals surface area contributed by atoms with Gasteiger partial charge < -0.3 is 11.5 Å². The van der Waals surface area contributed by atoms with Gasteiger partial charge in [-0.2, -0.15) is 0 Å². The molecule has 4 N–H and O–H groups in total. The third-order valence-electron chi connectivity index (χ3n) is 2.05. The fourth-order valence-electron chi connectivity index (χ4n) is 1.37. The van der Waals surface area contributed by atoms with Crippen molar-refractivity contribution in [1.82, 2.24) is 0 Å². The van der Waals surface area contributed by atoms with Crippen LogP contribution in [0.15, 0.2) is 0 Å². The normalized spacial score (nSPS) is 36.3. The van der Waals surface area contributed by atoms with Gasteiger partial charge in [0.25, 0.3) is 0 Å². The van der Waals surface area contributed by atoms with E-state index >= 15 is 0 Å². The van der Waals surface area contributed by atoms with Gasteiger partial charge in [-0.1, -0.05) is 0 Å². The summed E-state index contributed by atoms with van der Waals surface area (Å²) in [6.45, 7) is 2.92. The van der Waals surface area contributed by atoms with Crippen molar-refractivity contribution in [2.75, 3.05) is 6.54 Å². The van der Waals surface area contributed by atoms with Crippen molar-refractivity contribution in [3.63, 3.8) is 0 Å². The molecule has 0 aromatic carbocycles. The van der Waals surface area contributed by atoms with E-state index in [1.807, 2.05) is 0 Å². The number of rotatable bonds is 3. The summed E-state index contributed by atoms with van der Waals surface area (Å²) in [5.74, 6) is 1.66. The second-order valence-corrected chi connectivity index (χ2v) is 3.20. The molecule has 1 unspecified atom stereocenters. The zero-order valence-electron chi connectivity index (χ0n) is 6.01. The first-order valence-electron chi connectivity index (χ1n) is 3.69. The maximum Gasteiger partial charge on any atom is 0.00132 e. The molecular formula is C7H16N2. The molecular weight excluding hydrogens is 112 g/mol. The highest BCUT2D eigenvalue weighted by Crippen LogP contribution is 2.40. The summed E-state index contributed by atoms with van der Waals surface area (Å²) in [5.41, 5.74) is 11.1. The largest absolute Gasteiger partial charge is 0.330 e. The molecule has 9 heavy (non-hydrogen) atoms. The van der Waals surface area contributed by atoms with E-state index in [0.717, 1.165) is 18.4 Å². The van der Waals surface area contributed by atoms with E-state index in [0.29, 0.717) is 6.04 Å². The minimum absolute atomic E-state index is 0.367. The standard InChI is InChI=1S/C7H16N2/c1-5(9)2-6-3-7(6)4-8/h5-7H,2-4,8-9H2,1H3/t5?,6-,7-/m0/s1. The van der Waals surface area contributed by atoms with Gasteiger partial charge in [0, 0.05) is 6.04 Å². The summed E-state index contributed by atoms with van der Waals surface area (Å²) >= 11 is 0. The summed E-state index contributed by atoms with van der Waals surface area (Å²) < 4.78 is 0. The fourth-order valence-corrected chi connectivity index (χ4v) is 1.37. The van der Waals surface area contributed by atoms with Crippen molar-refractivity contribution < 1.29 is 0 Å². The van der Waals surface area contributed by atoms with E-state index in [2.05, 4.69) is 6.92 Å². The third-order valence-corrected chi connectivity index (χ3v) is 2.05. The van der Waals surface area contributed by atoms with Crippen molar-refractivity contribution >= 4 is 0 Å². The van der Waals surface area contributed by atoms with Gasteiger partial charge in [0.1, 0.15) is 0 Å². The van der Waals surface area contributed by atoms with Gasteiger partial charge in [0.15, 0.2) is 0 Å². The summed E-state index contributed by atoms with van der Waals surface area (Å²) in [4.78, 5) is 0. The monoisotopic (exact) mass is 128 g/mol. The Balaban J connectivity index is 2.05. The van der Waals surface area contributed by atoms with Crippen LogP contribution >= 0.6 is 0 Å². The van der Waals surface area contributed by atoms with Crippen LogP contribution in [0.1, 0.15) is 19.8 Å². The van der Waals surface area contributed by atoms with Gasteiger partial charge >= 0.3 is 0 Å². The molecule has 0 aliphatic heterocycles. The van der Waals surface area contributed by atoms with Gasteiger partial charge in [0.05, 0.1) is 0 Å². The smallest absolute Gasteiger partial charge is 0.00132 e. The molecule has 1 fully saturated rings. The van der Waals surface area contributed by atoms with Crippen molar-refractivity contribution in [2.24, 2.45) is 23.3 Å². The molecule has 2 nitrogen and oxygen atoms in total. The molecule has 54 valence electrons. The van der Waals surface area contributed by atoms with Crippen LogP contribution in [0, 0.1) is 11.8 Å². The van der Waals surface area contributed by atoms with Crippen LogP contribution in [-0.2, 0) is 0 Å². The van der Waals surface area contributed by atoms with Crippen LogP contribution in [0.4, 0.5) is 0 Å². The van der Waals surface area contributed by atoms with E-state index in [1.165, 1.54) is 12.8 Å². The average Bonchev–Trinajstić information content (AvgIpc) is 2.45. The van der Waals surface area contributed by atoms with E-state index in [-0.39, 0.29) is 0 Å². The van der Waals surface area contributed by atoms with E-state index < -0.39 is 0 Å². The first-order chi connectivity index (χ1) is 4.24. The predicted molar refractivity (Wildman–Crippen MR) is 38.9 cm³/mol. The van der Waals surface area contributed by atoms with E-state index in [9.17, 15) is 0 Å². The van der Waals surface area contributed by atoms with E-state index in [1.54, 1.807) is 0 Å². The lowest BCUT2D eigenvalue weighted by atomic mass is 10.1. The summed E-state index contributed by atoms with van der Waals surface area (Å²) in [6.07, 6.45) is 2.49. The Hall–Kier alpha value is -0.0800. The minimum Gasteiger partial charge on any atom is -0.330 e. The maximum atomic E-state index is 5.61. The number of hydrogen-bond donors (Lipinski definition) is 2. The third kappa shape index (κ3) is 1.95. The Morgan fingerprint density at radius 2 is 2.22 bits per heavy atom. The Morgan fingerprint density at radius 1 is 1.56 bits per heavy atom. The van der Waals surface area contributed by atoms with Crippen molar-refractivity contribution in [2.45, 2.75) is 25.8 Å². The molecule has 0 heterocycles. The number of hydrogen-bond acceptors (Lipinski definition) is 2.